The van der Waals surface area contributed by atoms with Gasteiger partial charge in [-0.15, -0.1) is 0 Å². The first-order chi connectivity index (χ1) is 21.1. The molecule has 1 aliphatic rings. The maximum atomic E-state index is 14.2. The van der Waals surface area contributed by atoms with Crippen LogP contribution in [0.15, 0.2) is 54.6 Å². The fraction of sp³-hybridized carbons (Fsp3) is 0.394. The van der Waals surface area contributed by atoms with Crippen LogP contribution < -0.4 is 11.1 Å². The van der Waals surface area contributed by atoms with E-state index in [0.29, 0.717) is 72.0 Å². The lowest BCUT2D eigenvalue weighted by Crippen LogP contribution is -2.60. The SMILES string of the molecule is CCNC1(C(N)=O)CCN(CC[C@H](CN(CC(=O)OC)C(=O)c2cc(C#N)cc3ccccc23)c2ccc(Cl)c(Cl)c2)CC1. The number of primary amides is 1. The van der Waals surface area contributed by atoms with E-state index in [9.17, 15) is 19.6 Å². The number of fused-ring (bicyclic) bond motifs is 1. The van der Waals surface area contributed by atoms with Crippen LogP contribution in [0.3, 0.4) is 0 Å². The van der Waals surface area contributed by atoms with Crippen molar-refractivity contribution in [3.63, 3.8) is 0 Å². The van der Waals surface area contributed by atoms with E-state index < -0.39 is 11.5 Å². The topological polar surface area (TPSA) is 129 Å². The van der Waals surface area contributed by atoms with Gasteiger partial charge in [-0.1, -0.05) is 60.5 Å². The molecule has 3 aromatic rings. The van der Waals surface area contributed by atoms with Crippen LogP contribution in [0.2, 0.25) is 10.0 Å². The first-order valence-electron chi connectivity index (χ1n) is 14.6. The van der Waals surface area contributed by atoms with Crippen LogP contribution in [0.5, 0.6) is 0 Å². The summed E-state index contributed by atoms with van der Waals surface area (Å²) in [6.45, 7) is 4.57. The van der Waals surface area contributed by atoms with Gasteiger partial charge in [-0.2, -0.15) is 5.26 Å². The van der Waals surface area contributed by atoms with Crippen molar-refractivity contribution >= 4 is 51.8 Å². The minimum Gasteiger partial charge on any atom is -0.468 e. The minimum atomic E-state index is -0.709. The Hall–Kier alpha value is -3.68. The molecule has 4 rings (SSSR count). The van der Waals surface area contributed by atoms with Crippen LogP contribution in [-0.4, -0.2) is 79.5 Å². The van der Waals surface area contributed by atoms with Crippen LogP contribution >= 0.6 is 23.2 Å². The van der Waals surface area contributed by atoms with Crippen molar-refractivity contribution in [2.24, 2.45) is 5.73 Å². The lowest BCUT2D eigenvalue weighted by atomic mass is 9.86. The number of piperidine rings is 1. The Balaban J connectivity index is 1.63. The van der Waals surface area contributed by atoms with E-state index in [1.807, 2.05) is 37.3 Å². The minimum absolute atomic E-state index is 0.188. The highest BCUT2D eigenvalue weighted by Gasteiger charge is 2.39. The van der Waals surface area contributed by atoms with E-state index in [-0.39, 0.29) is 30.8 Å². The Kier molecular flexibility index (Phi) is 11.2. The number of nitrogens with zero attached hydrogens (tertiary/aromatic N) is 3. The molecule has 1 fully saturated rings. The number of methoxy groups -OCH3 is 1. The number of likely N-dealkylation sites (N-methyl/N-ethyl adjacent to an activating group) is 1. The maximum Gasteiger partial charge on any atom is 0.325 e. The molecule has 0 radical (unpaired) electrons. The van der Waals surface area contributed by atoms with Crippen LogP contribution in [0.4, 0.5) is 0 Å². The predicted molar refractivity (Wildman–Crippen MR) is 172 cm³/mol. The van der Waals surface area contributed by atoms with Gasteiger partial charge in [-0.3, -0.25) is 14.4 Å². The summed E-state index contributed by atoms with van der Waals surface area (Å²) in [6.07, 6.45) is 1.83. The number of likely N-dealkylation sites (tertiary alicyclic amines) is 1. The molecule has 0 aromatic heterocycles. The average Bonchev–Trinajstić information content (AvgIpc) is 3.03. The highest BCUT2D eigenvalue weighted by Crippen LogP contribution is 2.31. The third-order valence-corrected chi connectivity index (χ3v) is 9.14. The molecule has 0 aliphatic carbocycles. The molecule has 9 nitrogen and oxygen atoms in total. The molecule has 232 valence electrons. The lowest BCUT2D eigenvalue weighted by Gasteiger charge is -2.40. The number of esters is 1. The molecule has 3 N–H and O–H groups in total. The van der Waals surface area contributed by atoms with Crippen LogP contribution in [0, 0.1) is 11.3 Å². The number of carbonyl (C=O) groups excluding carboxylic acids is 3. The fourth-order valence-corrected chi connectivity index (χ4v) is 6.21. The number of benzene rings is 3. The number of nitrogens with two attached hydrogens (primary N) is 1. The van der Waals surface area contributed by atoms with Crippen molar-refractivity contribution < 1.29 is 19.1 Å². The van der Waals surface area contributed by atoms with E-state index in [0.717, 1.165) is 10.9 Å². The Morgan fingerprint density at radius 3 is 2.48 bits per heavy atom. The van der Waals surface area contributed by atoms with Crippen LogP contribution in [0.1, 0.15) is 53.6 Å². The quantitative estimate of drug-likeness (QED) is 0.275. The summed E-state index contributed by atoms with van der Waals surface area (Å²) in [7, 11) is 1.28. The zero-order chi connectivity index (χ0) is 31.9. The van der Waals surface area contributed by atoms with E-state index in [1.165, 1.54) is 12.0 Å². The Labute approximate surface area is 267 Å². The molecule has 2 amide bonds. The summed E-state index contributed by atoms with van der Waals surface area (Å²) >= 11 is 12.7. The van der Waals surface area contributed by atoms with E-state index in [2.05, 4.69) is 16.3 Å². The van der Waals surface area contributed by atoms with Crippen molar-refractivity contribution in [2.45, 2.75) is 37.6 Å². The second-order valence-corrected chi connectivity index (χ2v) is 11.9. The molecular formula is C33H37Cl2N5O4. The number of carbonyl (C=O) groups is 3. The molecule has 3 aromatic carbocycles. The van der Waals surface area contributed by atoms with Gasteiger partial charge in [0.2, 0.25) is 5.91 Å². The maximum absolute atomic E-state index is 14.2. The normalized spacial score (nSPS) is 15.3. The van der Waals surface area contributed by atoms with Crippen molar-refractivity contribution in [3.05, 3.63) is 81.3 Å². The zero-order valence-corrected chi connectivity index (χ0v) is 26.5. The third kappa shape index (κ3) is 7.69. The van der Waals surface area contributed by atoms with Gasteiger partial charge >= 0.3 is 5.97 Å². The lowest BCUT2D eigenvalue weighted by molar-refractivity contribution is -0.141. The van der Waals surface area contributed by atoms with Crippen LogP contribution in [-0.2, 0) is 14.3 Å². The van der Waals surface area contributed by atoms with Crippen LogP contribution in [0.25, 0.3) is 10.8 Å². The highest BCUT2D eigenvalue weighted by atomic mass is 35.5. The molecule has 1 aliphatic heterocycles. The number of rotatable bonds is 12. The van der Waals surface area contributed by atoms with Gasteiger partial charge < -0.3 is 25.6 Å². The van der Waals surface area contributed by atoms with Gasteiger partial charge in [0.25, 0.3) is 5.91 Å². The first-order valence-corrected chi connectivity index (χ1v) is 15.4. The number of halogens is 2. The number of hydrogen-bond acceptors (Lipinski definition) is 7. The van der Waals surface area contributed by atoms with E-state index in [4.69, 9.17) is 33.7 Å². The number of amides is 2. The number of ether oxygens (including phenoxy) is 1. The van der Waals surface area contributed by atoms with E-state index >= 15 is 0 Å². The summed E-state index contributed by atoms with van der Waals surface area (Å²) in [6, 6.07) is 18.2. The number of hydrogen-bond donors (Lipinski definition) is 2. The monoisotopic (exact) mass is 637 g/mol. The number of nitrogens with one attached hydrogen (secondary N) is 1. The summed E-state index contributed by atoms with van der Waals surface area (Å²) in [5, 5.41) is 15.2. The smallest absolute Gasteiger partial charge is 0.325 e. The number of nitriles is 1. The van der Waals surface area contributed by atoms with Gasteiger partial charge in [0.1, 0.15) is 12.1 Å². The summed E-state index contributed by atoms with van der Waals surface area (Å²) in [5.41, 5.74) is 6.60. The Morgan fingerprint density at radius 1 is 1.11 bits per heavy atom. The van der Waals surface area contributed by atoms with Crippen molar-refractivity contribution in [1.29, 1.82) is 5.26 Å². The predicted octanol–water partition coefficient (Wildman–Crippen LogP) is 4.74. The Morgan fingerprint density at radius 2 is 1.84 bits per heavy atom. The van der Waals surface area contributed by atoms with E-state index in [1.54, 1.807) is 24.3 Å². The largest absolute Gasteiger partial charge is 0.468 e. The second-order valence-electron chi connectivity index (χ2n) is 11.1. The van der Waals surface area contributed by atoms with Gasteiger partial charge in [0.15, 0.2) is 0 Å². The zero-order valence-electron chi connectivity index (χ0n) is 24.9. The second kappa shape index (κ2) is 14.9. The summed E-state index contributed by atoms with van der Waals surface area (Å²) in [5.74, 6) is -1.50. The molecule has 1 atom stereocenters. The van der Waals surface area contributed by atoms with Crippen molar-refractivity contribution in [3.8, 4) is 6.07 Å². The molecule has 0 spiro atoms. The first kappa shape index (κ1) is 33.2. The highest BCUT2D eigenvalue weighted by molar-refractivity contribution is 6.42. The van der Waals surface area contributed by atoms with Gasteiger partial charge in [-0.25, -0.2) is 0 Å². The molecule has 1 heterocycles. The van der Waals surface area contributed by atoms with Gasteiger partial charge in [0, 0.05) is 31.1 Å². The van der Waals surface area contributed by atoms with Crippen molar-refractivity contribution in [2.75, 3.05) is 46.4 Å². The summed E-state index contributed by atoms with van der Waals surface area (Å²) < 4.78 is 4.96. The third-order valence-electron chi connectivity index (χ3n) is 8.40. The molecular weight excluding hydrogens is 601 g/mol. The van der Waals surface area contributed by atoms with Crippen molar-refractivity contribution in [1.82, 2.24) is 15.1 Å². The summed E-state index contributed by atoms with van der Waals surface area (Å²) in [4.78, 5) is 42.7. The standard InChI is InChI=1S/C33H37Cl2N5O4/c1-3-38-33(32(37)43)11-14-39(15-12-33)13-10-25(23-8-9-28(34)29(35)18-23)20-40(21-30(41)44-2)31(42)27-17-22(19-36)16-24-6-4-5-7-26(24)27/h4-9,16-18,25,38H,3,10-15,20-21H2,1-2H3,(H2,37,43)/t25-/m1/s1. The van der Waals surface area contributed by atoms with Gasteiger partial charge in [0.05, 0.1) is 28.8 Å². The molecule has 0 bridgehead atoms. The molecule has 1 saturated heterocycles. The van der Waals surface area contributed by atoms with Gasteiger partial charge in [-0.05, 0) is 73.0 Å². The molecule has 44 heavy (non-hydrogen) atoms. The molecule has 0 unspecified atom stereocenters. The average molecular weight is 639 g/mol. The molecule has 0 saturated carbocycles. The fourth-order valence-electron chi connectivity index (χ4n) is 5.90. The molecule has 11 heteroatoms. The Bertz CT molecular complexity index is 1570.